The summed E-state index contributed by atoms with van der Waals surface area (Å²) in [5, 5.41) is 10.5. The number of carboxylic acids is 1. The van der Waals surface area contributed by atoms with Gasteiger partial charge >= 0.3 is 49.7 Å². The smallest absolute Gasteiger partial charge is 1.00 e. The zero-order chi connectivity index (χ0) is 13.0. The number of hydrogen-bond donors (Lipinski definition) is 1. The van der Waals surface area contributed by atoms with Crippen LogP contribution in [0.2, 0.25) is 0 Å². The minimum atomic E-state index is -1.05. The van der Waals surface area contributed by atoms with Gasteiger partial charge in [-0.25, -0.2) is 9.59 Å². The van der Waals surface area contributed by atoms with Crippen LogP contribution in [0.1, 0.15) is 42.8 Å². The molecule has 6 heteroatoms. The molecule has 0 spiro atoms. The third-order valence-corrected chi connectivity index (χ3v) is 2.87. The minimum absolute atomic E-state index is 0. The maximum atomic E-state index is 11.8. The molecule has 19 heavy (non-hydrogen) atoms. The Labute approximate surface area is 144 Å². The Morgan fingerprint density at radius 2 is 1.79 bits per heavy atom. The van der Waals surface area contributed by atoms with Crippen molar-refractivity contribution in [3.05, 3.63) is 35.4 Å². The molecule has 5 nitrogen and oxygen atoms in total. The van der Waals surface area contributed by atoms with Crippen LogP contribution in [0, 0.1) is 0 Å². The number of carbonyl (C=O) groups excluding carboxylic acids is 1. The third-order valence-electron chi connectivity index (χ3n) is 2.87. The van der Waals surface area contributed by atoms with Gasteiger partial charge in [0.2, 0.25) is 0 Å². The number of benzene rings is 1. The second-order valence-corrected chi connectivity index (χ2v) is 4.25. The van der Waals surface area contributed by atoms with Crippen molar-refractivity contribution in [2.45, 2.75) is 19.3 Å². The second kappa shape index (κ2) is 7.85. The van der Waals surface area contributed by atoms with Crippen molar-refractivity contribution in [2.75, 3.05) is 13.1 Å². The van der Waals surface area contributed by atoms with Gasteiger partial charge in [0, 0.05) is 13.1 Å². The molecule has 1 aliphatic heterocycles. The number of carbonyl (C=O) groups is 2. The van der Waals surface area contributed by atoms with Gasteiger partial charge in [-0.2, -0.15) is 0 Å². The molecule has 1 fully saturated rings. The molecule has 100 valence electrons. The summed E-state index contributed by atoms with van der Waals surface area (Å²) in [6.07, 6.45) is 3.19. The van der Waals surface area contributed by atoms with Crippen LogP contribution in [-0.2, 0) is 4.84 Å². The first kappa shape index (κ1) is 16.4. The molecule has 0 aromatic heterocycles. The molecule has 1 N–H and O–H groups in total. The Kier molecular flexibility index (Phi) is 6.79. The van der Waals surface area contributed by atoms with E-state index in [1.165, 1.54) is 18.2 Å². The molecule has 2 rings (SSSR count). The normalized spacial score (nSPS) is 15.4. The number of rotatable bonds is 3. The van der Waals surface area contributed by atoms with Gasteiger partial charge in [0.15, 0.2) is 0 Å². The van der Waals surface area contributed by atoms with E-state index in [0.717, 1.165) is 32.4 Å². The van der Waals surface area contributed by atoms with Gasteiger partial charge in [0.1, 0.15) is 0 Å². The van der Waals surface area contributed by atoms with Crippen molar-refractivity contribution < 1.29 is 22.4 Å². The maximum Gasteiger partial charge on any atom is 2.00 e. The zero-order valence-corrected chi connectivity index (χ0v) is 12.9. The van der Waals surface area contributed by atoms with Gasteiger partial charge in [-0.3, -0.25) is 0 Å². The average Bonchev–Trinajstić information content (AvgIpc) is 2.40. The van der Waals surface area contributed by atoms with Gasteiger partial charge in [-0.05, 0) is 31.0 Å². The molecule has 1 aromatic carbocycles. The summed E-state index contributed by atoms with van der Waals surface area (Å²) in [4.78, 5) is 27.8. The van der Waals surface area contributed by atoms with E-state index < -0.39 is 11.9 Å². The Bertz CT molecular complexity index is 467. The number of carboxylic acid groups (broad SMARTS) is 1. The van der Waals surface area contributed by atoms with Crippen LogP contribution in [0.3, 0.4) is 0 Å². The zero-order valence-electron chi connectivity index (χ0n) is 12.7. The van der Waals surface area contributed by atoms with Crippen molar-refractivity contribution >= 4 is 49.7 Å². The molecular weight excluding hydrogens is 274 g/mol. The fourth-order valence-electron chi connectivity index (χ4n) is 1.91. The molecule has 1 aliphatic rings. The maximum absolute atomic E-state index is 11.8. The SMILES string of the molecule is O=C(O)c1cccc(C(=O)ON2CCCCC2)c1.[Ca+2].[H-].[H-]. The molecule has 0 saturated carbocycles. The van der Waals surface area contributed by atoms with E-state index in [2.05, 4.69) is 0 Å². The fraction of sp³-hybridized carbons (Fsp3) is 0.385. The van der Waals surface area contributed by atoms with E-state index in [0.29, 0.717) is 0 Å². The molecule has 0 aliphatic carbocycles. The molecule has 0 bridgehead atoms. The topological polar surface area (TPSA) is 66.8 Å². The molecule has 0 amide bonds. The molecule has 0 radical (unpaired) electrons. The predicted molar refractivity (Wildman–Crippen MR) is 72.2 cm³/mol. The first-order valence-electron chi connectivity index (χ1n) is 5.97. The van der Waals surface area contributed by atoms with Gasteiger partial charge < -0.3 is 12.8 Å². The Hall–Kier alpha value is -0.620. The number of nitrogens with zero attached hydrogens (tertiary/aromatic N) is 1. The average molecular weight is 291 g/mol. The van der Waals surface area contributed by atoms with Crippen LogP contribution in [0.25, 0.3) is 0 Å². The quantitative estimate of drug-likeness (QED) is 0.860. The number of piperidine rings is 1. The summed E-state index contributed by atoms with van der Waals surface area (Å²) < 4.78 is 0. The van der Waals surface area contributed by atoms with Gasteiger partial charge in [0.05, 0.1) is 11.1 Å². The van der Waals surface area contributed by atoms with E-state index in [4.69, 9.17) is 9.94 Å². The van der Waals surface area contributed by atoms with E-state index in [1.807, 2.05) is 0 Å². The van der Waals surface area contributed by atoms with Gasteiger partial charge in [-0.1, -0.05) is 12.5 Å². The number of hydroxylamine groups is 2. The fourth-order valence-corrected chi connectivity index (χ4v) is 1.91. The molecule has 0 atom stereocenters. The van der Waals surface area contributed by atoms with Crippen molar-refractivity contribution in [2.24, 2.45) is 0 Å². The van der Waals surface area contributed by atoms with Crippen LogP contribution in [0.15, 0.2) is 24.3 Å². The first-order valence-corrected chi connectivity index (χ1v) is 5.97. The summed E-state index contributed by atoms with van der Waals surface area (Å²) in [5.41, 5.74) is 0.351. The largest absolute Gasteiger partial charge is 2.00 e. The Balaban J connectivity index is 0. The van der Waals surface area contributed by atoms with Gasteiger partial charge in [0.25, 0.3) is 0 Å². The Morgan fingerprint density at radius 1 is 1.16 bits per heavy atom. The molecule has 1 aromatic rings. The molecule has 1 saturated heterocycles. The minimum Gasteiger partial charge on any atom is -1.00 e. The van der Waals surface area contributed by atoms with Crippen molar-refractivity contribution in [1.82, 2.24) is 5.06 Å². The van der Waals surface area contributed by atoms with Crippen LogP contribution >= 0.6 is 0 Å². The summed E-state index contributed by atoms with van der Waals surface area (Å²) in [6.45, 7) is 1.48. The standard InChI is InChI=1S/C13H15NO4.Ca.2H/c15-12(16)10-5-4-6-11(9-10)13(17)18-14-7-2-1-3-8-14;;;/h4-6,9H,1-3,7-8H2,(H,15,16);;;/q;+2;2*-1. The second-order valence-electron chi connectivity index (χ2n) is 4.25. The van der Waals surface area contributed by atoms with E-state index >= 15 is 0 Å². The monoisotopic (exact) mass is 291 g/mol. The van der Waals surface area contributed by atoms with Crippen LogP contribution in [0.5, 0.6) is 0 Å². The van der Waals surface area contributed by atoms with Crippen LogP contribution in [-0.4, -0.2) is 72.9 Å². The predicted octanol–water partition coefficient (Wildman–Crippen LogP) is 1.79. The van der Waals surface area contributed by atoms with E-state index in [-0.39, 0.29) is 51.7 Å². The van der Waals surface area contributed by atoms with Crippen LogP contribution < -0.4 is 0 Å². The molecular formula is C13H17CaNO4. The van der Waals surface area contributed by atoms with Gasteiger partial charge in [-0.15, -0.1) is 5.06 Å². The summed E-state index contributed by atoms with van der Waals surface area (Å²) in [7, 11) is 0. The summed E-state index contributed by atoms with van der Waals surface area (Å²) >= 11 is 0. The first-order chi connectivity index (χ1) is 8.66. The van der Waals surface area contributed by atoms with E-state index in [1.54, 1.807) is 11.1 Å². The number of hydrogen-bond acceptors (Lipinski definition) is 4. The summed E-state index contributed by atoms with van der Waals surface area (Å²) in [6, 6.07) is 5.86. The van der Waals surface area contributed by atoms with Crippen molar-refractivity contribution in [3.63, 3.8) is 0 Å². The third kappa shape index (κ3) is 4.76. The Morgan fingerprint density at radius 3 is 2.42 bits per heavy atom. The van der Waals surface area contributed by atoms with Crippen molar-refractivity contribution in [1.29, 1.82) is 0 Å². The molecule has 1 heterocycles. The van der Waals surface area contributed by atoms with E-state index in [9.17, 15) is 9.59 Å². The number of aromatic carboxylic acids is 1. The molecule has 0 unspecified atom stereocenters. The van der Waals surface area contributed by atoms with Crippen molar-refractivity contribution in [3.8, 4) is 0 Å². The van der Waals surface area contributed by atoms with Crippen LogP contribution in [0.4, 0.5) is 0 Å². The summed E-state index contributed by atoms with van der Waals surface area (Å²) in [5.74, 6) is -1.55.